The molecule has 4 aromatic rings. The van der Waals surface area contributed by atoms with Gasteiger partial charge in [-0.2, -0.15) is 10.4 Å². The Morgan fingerprint density at radius 1 is 1.05 bits per heavy atom. The van der Waals surface area contributed by atoms with Gasteiger partial charge < -0.3 is 19.7 Å². The first kappa shape index (κ1) is 25.6. The van der Waals surface area contributed by atoms with E-state index >= 15 is 0 Å². The van der Waals surface area contributed by atoms with Crippen LogP contribution in [0.3, 0.4) is 0 Å². The number of rotatable bonds is 7. The molecule has 1 N–H and O–H groups in total. The minimum Gasteiger partial charge on any atom is -0.489 e. The minimum atomic E-state index is -0.854. The number of carbonyl (C=O) groups is 2. The van der Waals surface area contributed by atoms with Crippen LogP contribution in [0.15, 0.2) is 72.8 Å². The summed E-state index contributed by atoms with van der Waals surface area (Å²) in [4.78, 5) is 28.7. The summed E-state index contributed by atoms with van der Waals surface area (Å²) >= 11 is 0. The van der Waals surface area contributed by atoms with Gasteiger partial charge in [-0.25, -0.2) is 4.68 Å². The summed E-state index contributed by atoms with van der Waals surface area (Å²) < 4.78 is 13.0. The van der Waals surface area contributed by atoms with Crippen LogP contribution in [0.2, 0.25) is 0 Å². The summed E-state index contributed by atoms with van der Waals surface area (Å²) in [7, 11) is 0. The van der Waals surface area contributed by atoms with Gasteiger partial charge in [0.05, 0.1) is 47.9 Å². The van der Waals surface area contributed by atoms with E-state index in [4.69, 9.17) is 14.6 Å². The van der Waals surface area contributed by atoms with E-state index in [1.165, 1.54) is 0 Å². The molecule has 1 aromatic heterocycles. The van der Waals surface area contributed by atoms with E-state index in [2.05, 4.69) is 11.4 Å². The standard InChI is InChI=1S/C31H29N5O4/c1-20(14-21-17-39-18-21)30(37)33-25-19-40-29-13-7-6-12-28(29)35(31(25)38)16-24-23-9-3-5-11-27(23)36(34-24)26-10-4-2-8-22(26)15-32/h2-13,20-21,25H,14,16-19H2,1H3,(H,33,37)/t20-,25+/m1/s1. The van der Waals surface area contributed by atoms with E-state index in [1.54, 1.807) is 15.6 Å². The van der Waals surface area contributed by atoms with Crippen molar-refractivity contribution in [1.82, 2.24) is 15.1 Å². The van der Waals surface area contributed by atoms with Crippen molar-refractivity contribution in [2.45, 2.75) is 25.9 Å². The lowest BCUT2D eigenvalue weighted by atomic mass is 9.93. The van der Waals surface area contributed by atoms with Crippen LogP contribution >= 0.6 is 0 Å². The van der Waals surface area contributed by atoms with Crippen LogP contribution in [0.1, 0.15) is 24.6 Å². The first-order chi connectivity index (χ1) is 19.5. The zero-order valence-corrected chi connectivity index (χ0v) is 22.1. The lowest BCUT2D eigenvalue weighted by Gasteiger charge is -2.29. The summed E-state index contributed by atoms with van der Waals surface area (Å²) in [6.45, 7) is 3.40. The number of para-hydroxylation sites is 4. The third kappa shape index (κ3) is 4.78. The van der Waals surface area contributed by atoms with E-state index < -0.39 is 6.04 Å². The number of nitrogens with one attached hydrogen (secondary N) is 1. The Kier molecular flexibility index (Phi) is 6.93. The third-order valence-electron chi connectivity index (χ3n) is 7.51. The fraction of sp³-hybridized carbons (Fsp3) is 0.290. The second-order valence-electron chi connectivity index (χ2n) is 10.3. The predicted octanol–water partition coefficient (Wildman–Crippen LogP) is 3.98. The summed E-state index contributed by atoms with van der Waals surface area (Å²) in [5, 5.41) is 18.4. The molecule has 9 heteroatoms. The van der Waals surface area contributed by atoms with Crippen LogP contribution in [-0.4, -0.2) is 47.5 Å². The Labute approximate surface area is 231 Å². The molecule has 2 aliphatic heterocycles. The molecule has 0 aliphatic carbocycles. The molecule has 1 saturated heterocycles. The maximum atomic E-state index is 14.0. The van der Waals surface area contributed by atoms with Crippen LogP contribution < -0.4 is 15.0 Å². The zero-order valence-electron chi connectivity index (χ0n) is 22.1. The largest absolute Gasteiger partial charge is 0.489 e. The number of anilines is 1. The first-order valence-electron chi connectivity index (χ1n) is 13.4. The highest BCUT2D eigenvalue weighted by molar-refractivity contribution is 6.01. The summed E-state index contributed by atoms with van der Waals surface area (Å²) in [5.74, 6) is 0.236. The Hall–Kier alpha value is -4.68. The third-order valence-corrected chi connectivity index (χ3v) is 7.51. The zero-order chi connectivity index (χ0) is 27.6. The number of hydrogen-bond donors (Lipinski definition) is 1. The Morgan fingerprint density at radius 2 is 1.77 bits per heavy atom. The molecule has 202 valence electrons. The maximum Gasteiger partial charge on any atom is 0.253 e. The fourth-order valence-electron chi connectivity index (χ4n) is 5.30. The number of amides is 2. The van der Waals surface area contributed by atoms with Crippen molar-refractivity contribution in [1.29, 1.82) is 5.26 Å². The molecule has 0 spiro atoms. The van der Waals surface area contributed by atoms with Crippen molar-refractivity contribution < 1.29 is 19.1 Å². The molecule has 3 heterocycles. The van der Waals surface area contributed by atoms with E-state index in [9.17, 15) is 14.9 Å². The van der Waals surface area contributed by atoms with Gasteiger partial charge in [0.25, 0.3) is 5.91 Å². The molecule has 2 atom stereocenters. The molecule has 0 bridgehead atoms. The average Bonchev–Trinajstić information content (AvgIpc) is 3.27. The van der Waals surface area contributed by atoms with Gasteiger partial charge in [-0.05, 0) is 36.8 Å². The molecule has 40 heavy (non-hydrogen) atoms. The lowest BCUT2D eigenvalue weighted by Crippen LogP contribution is -2.51. The van der Waals surface area contributed by atoms with Crippen molar-refractivity contribution in [3.63, 3.8) is 0 Å². The predicted molar refractivity (Wildman–Crippen MR) is 149 cm³/mol. The van der Waals surface area contributed by atoms with Crippen molar-refractivity contribution in [3.05, 3.63) is 84.1 Å². The van der Waals surface area contributed by atoms with Gasteiger partial charge in [0, 0.05) is 17.2 Å². The molecular weight excluding hydrogens is 506 g/mol. The number of carbonyl (C=O) groups excluding carboxylic acids is 2. The van der Waals surface area contributed by atoms with Gasteiger partial charge in [0.2, 0.25) is 5.91 Å². The number of nitrogens with zero attached hydrogens (tertiary/aromatic N) is 4. The van der Waals surface area contributed by atoms with Crippen LogP contribution in [-0.2, 0) is 20.9 Å². The van der Waals surface area contributed by atoms with Gasteiger partial charge in [-0.3, -0.25) is 9.59 Å². The monoisotopic (exact) mass is 535 g/mol. The number of hydrogen-bond acceptors (Lipinski definition) is 6. The number of benzene rings is 3. The lowest BCUT2D eigenvalue weighted by molar-refractivity contribution is -0.131. The van der Waals surface area contributed by atoms with Gasteiger partial charge in [0.1, 0.15) is 24.5 Å². The first-order valence-corrected chi connectivity index (χ1v) is 13.4. The van der Waals surface area contributed by atoms with E-state index in [0.29, 0.717) is 53.9 Å². The maximum absolute atomic E-state index is 14.0. The van der Waals surface area contributed by atoms with Gasteiger partial charge in [0.15, 0.2) is 0 Å². The molecule has 2 amide bonds. The molecule has 3 aromatic carbocycles. The average molecular weight is 536 g/mol. The normalized spacial score (nSPS) is 17.8. The highest BCUT2D eigenvalue weighted by Gasteiger charge is 2.35. The smallest absolute Gasteiger partial charge is 0.253 e. The van der Waals surface area contributed by atoms with Crippen molar-refractivity contribution in [2.75, 3.05) is 24.7 Å². The molecular formula is C31H29N5O4. The molecule has 0 unspecified atom stereocenters. The van der Waals surface area contributed by atoms with E-state index in [1.807, 2.05) is 73.7 Å². The minimum absolute atomic E-state index is 0.0298. The second kappa shape index (κ2) is 10.8. The molecule has 9 nitrogen and oxygen atoms in total. The van der Waals surface area contributed by atoms with Gasteiger partial charge in [-0.15, -0.1) is 0 Å². The quantitative estimate of drug-likeness (QED) is 0.383. The van der Waals surface area contributed by atoms with Crippen LogP contribution in [0.4, 0.5) is 5.69 Å². The number of ether oxygens (including phenoxy) is 2. The molecule has 1 fully saturated rings. The Bertz CT molecular complexity index is 1620. The highest BCUT2D eigenvalue weighted by Crippen LogP contribution is 2.34. The highest BCUT2D eigenvalue weighted by atomic mass is 16.5. The molecule has 0 radical (unpaired) electrons. The summed E-state index contributed by atoms with van der Waals surface area (Å²) in [6, 6.07) is 23.8. The van der Waals surface area contributed by atoms with Crippen LogP contribution in [0.25, 0.3) is 16.6 Å². The Morgan fingerprint density at radius 3 is 2.55 bits per heavy atom. The number of nitriles is 1. The number of fused-ring (bicyclic) bond motifs is 2. The Balaban J connectivity index is 1.34. The molecule has 6 rings (SSSR count). The van der Waals surface area contributed by atoms with Crippen molar-refractivity contribution in [3.8, 4) is 17.5 Å². The van der Waals surface area contributed by atoms with Crippen molar-refractivity contribution in [2.24, 2.45) is 11.8 Å². The van der Waals surface area contributed by atoms with E-state index in [0.717, 1.165) is 10.9 Å². The van der Waals surface area contributed by atoms with Crippen LogP contribution in [0.5, 0.6) is 5.75 Å². The van der Waals surface area contributed by atoms with Crippen LogP contribution in [0, 0.1) is 23.2 Å². The van der Waals surface area contributed by atoms with Crippen molar-refractivity contribution >= 4 is 28.4 Å². The van der Waals surface area contributed by atoms with E-state index in [-0.39, 0.29) is 30.9 Å². The number of aromatic nitrogens is 2. The topological polar surface area (TPSA) is 109 Å². The molecule has 0 saturated carbocycles. The molecule has 2 aliphatic rings. The van der Waals surface area contributed by atoms with Gasteiger partial charge >= 0.3 is 0 Å². The second-order valence-corrected chi connectivity index (χ2v) is 10.3. The summed E-state index contributed by atoms with van der Waals surface area (Å²) in [6.07, 6.45) is 0.713. The SMILES string of the molecule is C[C@H](CC1COC1)C(=O)N[C@H]1COc2ccccc2N(Cc2nn(-c3ccccc3C#N)c3ccccc23)C1=O. The summed E-state index contributed by atoms with van der Waals surface area (Å²) in [5.41, 5.74) is 3.26. The fourth-order valence-corrected chi connectivity index (χ4v) is 5.30. The van der Waals surface area contributed by atoms with Gasteiger partial charge in [-0.1, -0.05) is 49.4 Å².